The Bertz CT molecular complexity index is 1310. The molecule has 3 aliphatic rings. The zero-order valence-corrected chi connectivity index (χ0v) is 21.5. The van der Waals surface area contributed by atoms with Gasteiger partial charge < -0.3 is 24.6 Å². The monoisotopic (exact) mass is 516 g/mol. The maximum Gasteiger partial charge on any atom is 0.291 e. The summed E-state index contributed by atoms with van der Waals surface area (Å²) in [5.74, 6) is 0.398. The van der Waals surface area contributed by atoms with E-state index >= 15 is 0 Å². The van der Waals surface area contributed by atoms with Crippen LogP contribution < -0.4 is 19.9 Å². The van der Waals surface area contributed by atoms with Crippen LogP contribution in [0.2, 0.25) is 0 Å². The van der Waals surface area contributed by atoms with E-state index in [4.69, 9.17) is 9.47 Å². The molecule has 1 unspecified atom stereocenters. The molecule has 1 spiro atoms. The van der Waals surface area contributed by atoms with E-state index in [0.717, 1.165) is 56.8 Å². The van der Waals surface area contributed by atoms with E-state index in [2.05, 4.69) is 25.4 Å². The number of fused-ring (bicyclic) bond motifs is 1. The Kier molecular flexibility index (Phi) is 6.49. The highest BCUT2D eigenvalue weighted by atomic mass is 16.5. The average Bonchev–Trinajstić information content (AvgIpc) is 3.59. The number of anilines is 2. The molecule has 2 fully saturated rings. The van der Waals surface area contributed by atoms with Crippen LogP contribution in [-0.4, -0.2) is 73.0 Å². The molecule has 4 heterocycles. The Balaban J connectivity index is 1.11. The number of carbonyl (C=O) groups excluding carboxylic acids is 2. The maximum absolute atomic E-state index is 13.3. The van der Waals surface area contributed by atoms with Crippen LogP contribution in [0.3, 0.4) is 0 Å². The molecule has 2 aromatic carbocycles. The highest BCUT2D eigenvalue weighted by Gasteiger charge is 2.38. The van der Waals surface area contributed by atoms with Gasteiger partial charge in [0, 0.05) is 38.9 Å². The van der Waals surface area contributed by atoms with Gasteiger partial charge >= 0.3 is 0 Å². The van der Waals surface area contributed by atoms with E-state index in [9.17, 15) is 9.59 Å². The van der Waals surface area contributed by atoms with Crippen molar-refractivity contribution in [3.8, 4) is 5.75 Å². The summed E-state index contributed by atoms with van der Waals surface area (Å²) >= 11 is 0. The maximum atomic E-state index is 13.3. The first kappa shape index (κ1) is 24.4. The second kappa shape index (κ2) is 10.1. The predicted molar refractivity (Wildman–Crippen MR) is 142 cm³/mol. The van der Waals surface area contributed by atoms with Crippen molar-refractivity contribution in [2.24, 2.45) is 5.41 Å². The summed E-state index contributed by atoms with van der Waals surface area (Å²) in [6.07, 6.45) is 3.89. The SMILES string of the molecule is CN1C(=O)C(NC(=O)c2n[nH]c(Cc3ccccc3)n2)COc2ccc(N3CCC4(CCOC4)CC3)cc21. The molecule has 0 saturated carbocycles. The predicted octanol–water partition coefficient (Wildman–Crippen LogP) is 2.56. The quantitative estimate of drug-likeness (QED) is 0.536. The van der Waals surface area contributed by atoms with Crippen LogP contribution >= 0.6 is 0 Å². The smallest absolute Gasteiger partial charge is 0.291 e. The molecule has 2 N–H and O–H groups in total. The van der Waals surface area contributed by atoms with Gasteiger partial charge in [-0.3, -0.25) is 14.7 Å². The molecule has 1 atom stereocenters. The Morgan fingerprint density at radius 2 is 1.97 bits per heavy atom. The van der Waals surface area contributed by atoms with Gasteiger partial charge in [-0.1, -0.05) is 30.3 Å². The van der Waals surface area contributed by atoms with Gasteiger partial charge in [-0.25, -0.2) is 4.98 Å². The lowest BCUT2D eigenvalue weighted by Crippen LogP contribution is -2.49. The molecule has 6 rings (SSSR count). The molecule has 198 valence electrons. The van der Waals surface area contributed by atoms with Gasteiger partial charge in [-0.05, 0) is 48.4 Å². The lowest BCUT2D eigenvalue weighted by Gasteiger charge is -2.39. The van der Waals surface area contributed by atoms with Gasteiger partial charge in [-0.15, -0.1) is 5.10 Å². The topological polar surface area (TPSA) is 113 Å². The lowest BCUT2D eigenvalue weighted by molar-refractivity contribution is -0.120. The number of hydrogen-bond donors (Lipinski definition) is 2. The molecule has 10 nitrogen and oxygen atoms in total. The van der Waals surface area contributed by atoms with Crippen LogP contribution in [0.5, 0.6) is 5.75 Å². The second-order valence-electron chi connectivity index (χ2n) is 10.4. The van der Waals surface area contributed by atoms with Crippen LogP contribution in [0.15, 0.2) is 48.5 Å². The van der Waals surface area contributed by atoms with E-state index in [1.54, 1.807) is 11.9 Å². The summed E-state index contributed by atoms with van der Waals surface area (Å²) in [6, 6.07) is 14.9. The number of nitrogens with one attached hydrogen (secondary N) is 2. The van der Waals surface area contributed by atoms with Crippen molar-refractivity contribution in [3.05, 3.63) is 65.7 Å². The minimum atomic E-state index is -0.864. The number of rotatable bonds is 5. The number of aromatic nitrogens is 3. The fourth-order valence-corrected chi connectivity index (χ4v) is 5.56. The first-order valence-electron chi connectivity index (χ1n) is 13.1. The number of amides is 2. The standard InChI is InChI=1S/C28H32N6O4/c1-33-22-16-20(34-12-9-28(10-13-34)11-14-37-18-28)7-8-23(22)38-17-21(27(33)36)29-26(35)25-30-24(31-32-25)15-19-5-3-2-4-6-19/h2-8,16,21H,9-15,17-18H2,1H3,(H,29,35)(H,30,31,32). The summed E-state index contributed by atoms with van der Waals surface area (Å²) in [5.41, 5.74) is 3.14. The van der Waals surface area contributed by atoms with E-state index < -0.39 is 11.9 Å². The molecule has 0 bridgehead atoms. The van der Waals surface area contributed by atoms with Crippen molar-refractivity contribution < 1.29 is 19.1 Å². The summed E-state index contributed by atoms with van der Waals surface area (Å²) in [4.78, 5) is 34.5. The summed E-state index contributed by atoms with van der Waals surface area (Å²) in [5, 5.41) is 9.61. The molecule has 3 aromatic rings. The first-order valence-corrected chi connectivity index (χ1v) is 13.1. The second-order valence-corrected chi connectivity index (χ2v) is 10.4. The van der Waals surface area contributed by atoms with Gasteiger partial charge in [0.1, 0.15) is 24.2 Å². The molecular weight excluding hydrogens is 484 g/mol. The molecule has 2 amide bonds. The normalized spacial score (nSPS) is 20.7. The summed E-state index contributed by atoms with van der Waals surface area (Å²) < 4.78 is 11.6. The average molecular weight is 517 g/mol. The Morgan fingerprint density at radius 3 is 2.74 bits per heavy atom. The zero-order valence-electron chi connectivity index (χ0n) is 21.5. The number of piperidine rings is 1. The molecule has 1 aromatic heterocycles. The van der Waals surface area contributed by atoms with Crippen LogP contribution in [0.1, 0.15) is 41.3 Å². The number of carbonyl (C=O) groups is 2. The van der Waals surface area contributed by atoms with Crippen LogP contribution in [0.4, 0.5) is 11.4 Å². The van der Waals surface area contributed by atoms with Crippen molar-refractivity contribution in [1.29, 1.82) is 0 Å². The van der Waals surface area contributed by atoms with Crippen LogP contribution in [0.25, 0.3) is 0 Å². The lowest BCUT2D eigenvalue weighted by atomic mass is 9.78. The number of nitrogens with zero attached hydrogens (tertiary/aromatic N) is 4. The third kappa shape index (κ3) is 4.83. The van der Waals surface area contributed by atoms with Crippen molar-refractivity contribution in [2.45, 2.75) is 31.7 Å². The Labute approximate surface area is 221 Å². The van der Waals surface area contributed by atoms with Crippen LogP contribution in [0, 0.1) is 5.41 Å². The molecule has 0 aliphatic carbocycles. The van der Waals surface area contributed by atoms with Gasteiger partial charge in [0.05, 0.1) is 12.3 Å². The number of H-pyrrole nitrogens is 1. The molecule has 38 heavy (non-hydrogen) atoms. The van der Waals surface area contributed by atoms with Gasteiger partial charge in [0.15, 0.2) is 0 Å². The van der Waals surface area contributed by atoms with E-state index in [0.29, 0.717) is 29.1 Å². The number of benzene rings is 2. The number of hydrogen-bond acceptors (Lipinski definition) is 7. The number of aromatic amines is 1. The van der Waals surface area contributed by atoms with Gasteiger partial charge in [0.2, 0.25) is 5.82 Å². The molecule has 3 aliphatic heterocycles. The third-order valence-electron chi connectivity index (χ3n) is 7.97. The largest absolute Gasteiger partial charge is 0.489 e. The third-order valence-corrected chi connectivity index (χ3v) is 7.97. The van der Waals surface area contributed by atoms with Crippen molar-refractivity contribution in [2.75, 3.05) is 49.8 Å². The Morgan fingerprint density at radius 1 is 1.16 bits per heavy atom. The van der Waals surface area contributed by atoms with Gasteiger partial charge in [-0.2, -0.15) is 0 Å². The summed E-state index contributed by atoms with van der Waals surface area (Å²) in [6.45, 7) is 3.68. The molecule has 10 heteroatoms. The van der Waals surface area contributed by atoms with E-state index in [1.807, 2.05) is 48.5 Å². The van der Waals surface area contributed by atoms with Crippen LogP contribution in [-0.2, 0) is 16.0 Å². The molecular formula is C28H32N6O4. The fraction of sp³-hybridized carbons (Fsp3) is 0.429. The summed E-state index contributed by atoms with van der Waals surface area (Å²) in [7, 11) is 1.71. The molecule has 0 radical (unpaired) electrons. The minimum Gasteiger partial charge on any atom is -0.489 e. The fourth-order valence-electron chi connectivity index (χ4n) is 5.56. The first-order chi connectivity index (χ1) is 18.5. The van der Waals surface area contributed by atoms with E-state index in [-0.39, 0.29) is 18.3 Å². The van der Waals surface area contributed by atoms with Gasteiger partial charge in [0.25, 0.3) is 11.8 Å². The van der Waals surface area contributed by atoms with E-state index in [1.165, 1.54) is 0 Å². The number of likely N-dealkylation sites (N-methyl/N-ethyl adjacent to an activating group) is 1. The highest BCUT2D eigenvalue weighted by Crippen LogP contribution is 2.41. The van der Waals surface area contributed by atoms with Crippen molar-refractivity contribution in [3.63, 3.8) is 0 Å². The Hall–Kier alpha value is -3.92. The highest BCUT2D eigenvalue weighted by molar-refractivity contribution is 6.02. The molecule has 2 saturated heterocycles. The van der Waals surface area contributed by atoms with Crippen molar-refractivity contribution >= 4 is 23.2 Å². The number of ether oxygens (including phenoxy) is 2. The van der Waals surface area contributed by atoms with Crippen molar-refractivity contribution in [1.82, 2.24) is 20.5 Å². The zero-order chi connectivity index (χ0) is 26.1. The minimum absolute atomic E-state index is 0.00837.